The molecule has 85 heavy (non-hydrogen) atoms. The molecule has 2 aliphatic heterocycles. The van der Waals surface area contributed by atoms with Crippen molar-refractivity contribution in [3.8, 4) is 0 Å². The minimum atomic E-state index is -1.85. The summed E-state index contributed by atoms with van der Waals surface area (Å²) >= 11 is 0. The molecule has 11 nitrogen and oxygen atoms in total. The molecular formula is C74H74O11. The topological polar surface area (TPSA) is 102 Å². The van der Waals surface area contributed by atoms with E-state index in [9.17, 15) is 0 Å². The molecule has 2 aliphatic rings. The largest absolute Gasteiger partial charge is 0.376 e. The van der Waals surface area contributed by atoms with Crippen molar-refractivity contribution >= 4 is 0 Å². The molecule has 0 radical (unpaired) electrons. The Labute approximate surface area is 499 Å². The van der Waals surface area contributed by atoms with Crippen molar-refractivity contribution in [1.82, 2.24) is 0 Å². The van der Waals surface area contributed by atoms with Crippen LogP contribution in [0, 0.1) is 0 Å². The molecular weight excluding hydrogens is 1060 g/mol. The highest BCUT2D eigenvalue weighted by Gasteiger charge is 2.62. The number of benzene rings is 9. The van der Waals surface area contributed by atoms with Gasteiger partial charge >= 0.3 is 0 Å². The highest BCUT2D eigenvalue weighted by Crippen LogP contribution is 2.48. The van der Waals surface area contributed by atoms with E-state index in [4.69, 9.17) is 52.1 Å². The Bertz CT molecular complexity index is 3120. The van der Waals surface area contributed by atoms with Gasteiger partial charge in [-0.1, -0.05) is 273 Å². The summed E-state index contributed by atoms with van der Waals surface area (Å²) in [4.78, 5) is 0. The zero-order valence-electron chi connectivity index (χ0n) is 48.7. The van der Waals surface area contributed by atoms with Crippen molar-refractivity contribution in [2.75, 3.05) is 55.4 Å². The lowest BCUT2D eigenvalue weighted by Gasteiger charge is -2.48. The Morgan fingerprint density at radius 3 is 0.847 bits per heavy atom. The first kappa shape index (κ1) is 59.3. The maximum Gasteiger partial charge on any atom is 0.224 e. The molecule has 9 atom stereocenters. The number of methoxy groups -OCH3 is 5. The second-order valence-electron chi connectivity index (χ2n) is 21.3. The van der Waals surface area contributed by atoms with Crippen LogP contribution in [0.25, 0.3) is 0 Å². The molecule has 2 heterocycles. The smallest absolute Gasteiger partial charge is 0.224 e. The molecule has 9 aromatic rings. The van der Waals surface area contributed by atoms with E-state index in [0.29, 0.717) is 0 Å². The summed E-state index contributed by atoms with van der Waals surface area (Å²) < 4.78 is 78.1. The van der Waals surface area contributed by atoms with Crippen molar-refractivity contribution in [1.29, 1.82) is 0 Å². The summed E-state index contributed by atoms with van der Waals surface area (Å²) in [5.74, 6) is -1.85. The standard InChI is InChI=1S/C74H74O11/c1-75-65-63(51-80-72(54-33-15-6-16-34-54,55-35-17-7-18-36-55)56-37-19-8-20-38-56)83-70(68(78-4)67(65)77-3)85-71(53-82-74(60-45-27-12-28-46-60,61-47-29-13-30-48-61)62-49-31-14-32-50-62)69(79-5)66(76-2)64(84-71)52-81-73(57-39-21-9-22-40-57,58-41-23-10-24-42-58)59-43-25-11-26-44-59/h6-50,63-70H,51-53H2,1-5H3/t63-,64-,65-,66-,67+,68-,69+,70-,71+/m1/s1. The first-order valence-corrected chi connectivity index (χ1v) is 29.0. The lowest BCUT2D eigenvalue weighted by molar-refractivity contribution is -0.394. The number of hydrogen-bond donors (Lipinski definition) is 0. The molecule has 0 N–H and O–H groups in total. The first-order chi connectivity index (χ1) is 41.9. The van der Waals surface area contributed by atoms with E-state index >= 15 is 0 Å². The predicted molar refractivity (Wildman–Crippen MR) is 327 cm³/mol. The summed E-state index contributed by atoms with van der Waals surface area (Å²) in [6.45, 7) is -0.252. The Morgan fingerprint density at radius 1 is 0.306 bits per heavy atom. The van der Waals surface area contributed by atoms with Crippen LogP contribution in [0.2, 0.25) is 0 Å². The predicted octanol–water partition coefficient (Wildman–Crippen LogP) is 12.9. The fourth-order valence-electron chi connectivity index (χ4n) is 12.8. The minimum absolute atomic E-state index is 0.00222. The Kier molecular flexibility index (Phi) is 19.0. The van der Waals surface area contributed by atoms with Gasteiger partial charge in [0.05, 0.1) is 13.2 Å². The number of hydrogen-bond acceptors (Lipinski definition) is 11. The summed E-state index contributed by atoms with van der Waals surface area (Å²) in [5, 5.41) is 0. The molecule has 0 saturated carbocycles. The van der Waals surface area contributed by atoms with Crippen molar-refractivity contribution in [2.45, 2.75) is 71.6 Å². The maximum absolute atomic E-state index is 7.77. The highest BCUT2D eigenvalue weighted by atomic mass is 16.8. The SMILES string of the molecule is CO[C@@H]1[C@@H](OC)[C@@H](O[C@]2(COC(c3ccccc3)(c3ccccc3)c3ccccc3)O[C@H](COC(c3ccccc3)(c3ccccc3)c3ccccc3)[C@@H](OC)[C@@H]2OC)O[C@H](COC(c2ccccc2)(c2ccccc2)c2ccccc2)[C@H]1OC. The summed E-state index contributed by atoms with van der Waals surface area (Å²) in [7, 11) is 8.16. The third kappa shape index (κ3) is 11.6. The van der Waals surface area contributed by atoms with Crippen LogP contribution >= 0.6 is 0 Å². The molecule has 0 unspecified atom stereocenters. The van der Waals surface area contributed by atoms with Gasteiger partial charge in [0.15, 0.2) is 6.29 Å². The van der Waals surface area contributed by atoms with Crippen molar-refractivity contribution in [2.24, 2.45) is 0 Å². The zero-order chi connectivity index (χ0) is 58.5. The van der Waals surface area contributed by atoms with Crippen LogP contribution in [0.4, 0.5) is 0 Å². The highest BCUT2D eigenvalue weighted by molar-refractivity contribution is 5.50. The van der Waals surface area contributed by atoms with Crippen LogP contribution in [0.5, 0.6) is 0 Å². The second kappa shape index (κ2) is 27.3. The first-order valence-electron chi connectivity index (χ1n) is 29.0. The molecule has 2 saturated heterocycles. The van der Waals surface area contributed by atoms with E-state index in [0.717, 1.165) is 50.1 Å². The molecule has 0 amide bonds. The summed E-state index contributed by atoms with van der Waals surface area (Å²) in [6.07, 6.45) is -7.14. The Morgan fingerprint density at radius 2 is 0.576 bits per heavy atom. The fraction of sp³-hybridized carbons (Fsp3) is 0.270. The molecule has 11 heteroatoms. The maximum atomic E-state index is 7.77. The lowest BCUT2D eigenvalue weighted by Crippen LogP contribution is -2.64. The molecule has 0 spiro atoms. The van der Waals surface area contributed by atoms with Gasteiger partial charge in [0.1, 0.15) is 66.1 Å². The van der Waals surface area contributed by atoms with Gasteiger partial charge in [-0.3, -0.25) is 0 Å². The van der Waals surface area contributed by atoms with E-state index in [-0.39, 0.29) is 19.8 Å². The number of ether oxygens (including phenoxy) is 11. The minimum Gasteiger partial charge on any atom is -0.376 e. The molecule has 0 bridgehead atoms. The Hall–Kier alpha value is -7.46. The average molecular weight is 1140 g/mol. The third-order valence-corrected chi connectivity index (χ3v) is 16.7. The van der Waals surface area contributed by atoms with Gasteiger partial charge in [-0.15, -0.1) is 0 Å². The van der Waals surface area contributed by atoms with Crippen molar-refractivity contribution < 1.29 is 52.1 Å². The third-order valence-electron chi connectivity index (χ3n) is 16.7. The van der Waals surface area contributed by atoms with E-state index in [1.54, 1.807) is 35.5 Å². The van der Waals surface area contributed by atoms with Crippen LogP contribution < -0.4 is 0 Å². The van der Waals surface area contributed by atoms with Gasteiger partial charge in [-0.2, -0.15) is 0 Å². The van der Waals surface area contributed by atoms with E-state index in [1.165, 1.54) is 0 Å². The summed E-state index contributed by atoms with van der Waals surface area (Å²) in [6, 6.07) is 92.0. The van der Waals surface area contributed by atoms with Crippen LogP contribution in [0.1, 0.15) is 50.1 Å². The number of rotatable bonds is 25. The van der Waals surface area contributed by atoms with Gasteiger partial charge in [0.2, 0.25) is 5.79 Å². The quantitative estimate of drug-likeness (QED) is 0.0511. The van der Waals surface area contributed by atoms with Crippen LogP contribution in [-0.4, -0.2) is 110 Å². The van der Waals surface area contributed by atoms with Crippen LogP contribution in [0.3, 0.4) is 0 Å². The van der Waals surface area contributed by atoms with Crippen molar-refractivity contribution in [3.63, 3.8) is 0 Å². The fourth-order valence-corrected chi connectivity index (χ4v) is 12.8. The van der Waals surface area contributed by atoms with Gasteiger partial charge in [-0.05, 0) is 50.1 Å². The van der Waals surface area contributed by atoms with Gasteiger partial charge in [-0.25, -0.2) is 0 Å². The monoisotopic (exact) mass is 1140 g/mol. The average Bonchev–Trinajstić information content (AvgIpc) is 2.14. The molecule has 0 aliphatic carbocycles. The molecule has 2 fully saturated rings. The van der Waals surface area contributed by atoms with Gasteiger partial charge in [0.25, 0.3) is 0 Å². The van der Waals surface area contributed by atoms with Gasteiger partial charge in [0, 0.05) is 35.5 Å². The second-order valence-corrected chi connectivity index (χ2v) is 21.3. The molecule has 436 valence electrons. The van der Waals surface area contributed by atoms with Crippen molar-refractivity contribution in [3.05, 3.63) is 323 Å². The van der Waals surface area contributed by atoms with Crippen LogP contribution in [0.15, 0.2) is 273 Å². The Balaban J connectivity index is 1.04. The summed E-state index contributed by atoms with van der Waals surface area (Å²) in [5.41, 5.74) is 4.71. The zero-order valence-corrected chi connectivity index (χ0v) is 48.7. The molecule has 0 aromatic heterocycles. The van der Waals surface area contributed by atoms with Gasteiger partial charge < -0.3 is 52.1 Å². The van der Waals surface area contributed by atoms with E-state index in [1.807, 2.05) is 164 Å². The lowest BCUT2D eigenvalue weighted by atomic mass is 9.80. The normalized spacial score (nSPS) is 22.7. The molecule has 9 aromatic carbocycles. The molecule has 11 rings (SSSR count). The van der Waals surface area contributed by atoms with E-state index in [2.05, 4.69) is 109 Å². The van der Waals surface area contributed by atoms with E-state index < -0.39 is 71.6 Å². The van der Waals surface area contributed by atoms with Crippen LogP contribution in [-0.2, 0) is 68.9 Å².